The number of benzene rings is 1. The lowest BCUT2D eigenvalue weighted by molar-refractivity contribution is 0.336. The number of ether oxygens (including phenoxy) is 1. The van der Waals surface area contributed by atoms with E-state index in [9.17, 15) is 0 Å². The summed E-state index contributed by atoms with van der Waals surface area (Å²) in [6.07, 6.45) is 3.81. The predicted molar refractivity (Wildman–Crippen MR) is 63.7 cm³/mol. The molecule has 1 aromatic carbocycles. The highest BCUT2D eigenvalue weighted by molar-refractivity contribution is 5.47. The van der Waals surface area contributed by atoms with Crippen LogP contribution < -0.4 is 4.74 Å². The molecule has 1 aliphatic carbocycles. The average molecular weight is 204 g/mol. The molecule has 0 N–H and O–H groups in total. The van der Waals surface area contributed by atoms with E-state index < -0.39 is 0 Å². The Labute approximate surface area is 92.5 Å². The van der Waals surface area contributed by atoms with Crippen LogP contribution in [0.25, 0.3) is 0 Å². The molecule has 82 valence electrons. The van der Waals surface area contributed by atoms with Gasteiger partial charge in [-0.05, 0) is 56.2 Å². The monoisotopic (exact) mass is 204 g/mol. The fourth-order valence-electron chi connectivity index (χ4n) is 2.24. The largest absolute Gasteiger partial charge is 0.494 e. The van der Waals surface area contributed by atoms with E-state index in [1.807, 2.05) is 0 Å². The minimum Gasteiger partial charge on any atom is -0.494 e. The third kappa shape index (κ3) is 2.17. The van der Waals surface area contributed by atoms with Gasteiger partial charge in [0, 0.05) is 5.56 Å². The third-order valence-corrected chi connectivity index (χ3v) is 3.04. The molecule has 0 atom stereocenters. The van der Waals surface area contributed by atoms with Crippen molar-refractivity contribution in [3.63, 3.8) is 0 Å². The molecule has 15 heavy (non-hydrogen) atoms. The highest BCUT2D eigenvalue weighted by Crippen LogP contribution is 2.46. The van der Waals surface area contributed by atoms with E-state index in [2.05, 4.69) is 32.9 Å². The molecule has 0 aliphatic heterocycles. The minimum atomic E-state index is 0.770. The highest BCUT2D eigenvalue weighted by atomic mass is 16.5. The Morgan fingerprint density at radius 1 is 1.27 bits per heavy atom. The lowest BCUT2D eigenvalue weighted by Gasteiger charge is -2.15. The summed E-state index contributed by atoms with van der Waals surface area (Å²) < 4.78 is 5.76. The van der Waals surface area contributed by atoms with E-state index >= 15 is 0 Å². The summed E-state index contributed by atoms with van der Waals surface area (Å²) in [7, 11) is 0. The first-order valence-corrected chi connectivity index (χ1v) is 6.02. The molecule has 1 aromatic rings. The Hall–Kier alpha value is -0.980. The summed E-state index contributed by atoms with van der Waals surface area (Å²) in [5.41, 5.74) is 4.30. The molecule has 1 fully saturated rings. The molecule has 1 saturated carbocycles. The molecule has 2 rings (SSSR count). The number of rotatable bonds is 4. The van der Waals surface area contributed by atoms with Crippen molar-refractivity contribution in [2.75, 3.05) is 6.61 Å². The van der Waals surface area contributed by atoms with Crippen LogP contribution in [0.15, 0.2) is 12.1 Å². The molecule has 1 aliphatic rings. The standard InChI is InChI=1S/C14H20O/c1-4-11-8-10(3)9-13(15-5-2)14(11)12-6-7-12/h8-9,12H,4-7H2,1-3H3. The molecule has 0 aromatic heterocycles. The first-order valence-electron chi connectivity index (χ1n) is 6.02. The van der Waals surface area contributed by atoms with Gasteiger partial charge in [0.05, 0.1) is 6.61 Å². The minimum absolute atomic E-state index is 0.770. The predicted octanol–water partition coefficient (Wildman–Crippen LogP) is 3.83. The Morgan fingerprint density at radius 3 is 2.53 bits per heavy atom. The summed E-state index contributed by atoms with van der Waals surface area (Å²) in [5.74, 6) is 1.92. The van der Waals surface area contributed by atoms with Gasteiger partial charge in [-0.25, -0.2) is 0 Å². The number of hydrogen-bond donors (Lipinski definition) is 0. The smallest absolute Gasteiger partial charge is 0.123 e. The Morgan fingerprint density at radius 2 is 2.00 bits per heavy atom. The average Bonchev–Trinajstić information content (AvgIpc) is 3.01. The first-order chi connectivity index (χ1) is 7.26. The molecule has 1 nitrogen and oxygen atoms in total. The van der Waals surface area contributed by atoms with Crippen LogP contribution in [0.2, 0.25) is 0 Å². The molecule has 1 heteroatoms. The number of aryl methyl sites for hydroxylation is 2. The molecule has 0 heterocycles. The van der Waals surface area contributed by atoms with Gasteiger partial charge in [0.2, 0.25) is 0 Å². The first kappa shape index (κ1) is 10.5. The van der Waals surface area contributed by atoms with Gasteiger partial charge in [-0.2, -0.15) is 0 Å². The maximum Gasteiger partial charge on any atom is 0.123 e. The second-order valence-corrected chi connectivity index (χ2v) is 4.40. The fraction of sp³-hybridized carbons (Fsp3) is 0.571. The van der Waals surface area contributed by atoms with Crippen LogP contribution in [-0.4, -0.2) is 6.61 Å². The summed E-state index contributed by atoms with van der Waals surface area (Å²) in [6, 6.07) is 4.51. The highest BCUT2D eigenvalue weighted by Gasteiger charge is 2.29. The molecule has 0 spiro atoms. The van der Waals surface area contributed by atoms with Gasteiger partial charge >= 0.3 is 0 Å². The maximum absolute atomic E-state index is 5.76. The third-order valence-electron chi connectivity index (χ3n) is 3.04. The van der Waals surface area contributed by atoms with Crippen molar-refractivity contribution in [3.05, 3.63) is 28.8 Å². The van der Waals surface area contributed by atoms with E-state index in [1.165, 1.54) is 29.5 Å². The second-order valence-electron chi connectivity index (χ2n) is 4.40. The lowest BCUT2D eigenvalue weighted by Crippen LogP contribution is -2.00. The van der Waals surface area contributed by atoms with Gasteiger partial charge in [0.1, 0.15) is 5.75 Å². The molecule has 0 saturated heterocycles. The van der Waals surface area contributed by atoms with E-state index in [1.54, 1.807) is 0 Å². The van der Waals surface area contributed by atoms with Gasteiger partial charge in [-0.1, -0.05) is 13.0 Å². The van der Waals surface area contributed by atoms with E-state index in [0.29, 0.717) is 0 Å². The van der Waals surface area contributed by atoms with E-state index in [-0.39, 0.29) is 0 Å². The maximum atomic E-state index is 5.76. The van der Waals surface area contributed by atoms with Crippen LogP contribution in [0.5, 0.6) is 5.75 Å². The van der Waals surface area contributed by atoms with Crippen LogP contribution in [-0.2, 0) is 6.42 Å². The number of hydrogen-bond acceptors (Lipinski definition) is 1. The van der Waals surface area contributed by atoms with Gasteiger partial charge < -0.3 is 4.74 Å². The Bertz CT molecular complexity index is 351. The normalized spacial score (nSPS) is 15.4. The van der Waals surface area contributed by atoms with Crippen LogP contribution in [0.4, 0.5) is 0 Å². The Kier molecular flexibility index (Phi) is 2.99. The van der Waals surface area contributed by atoms with Gasteiger partial charge in [0.25, 0.3) is 0 Å². The quantitative estimate of drug-likeness (QED) is 0.724. The molecule has 0 unspecified atom stereocenters. The topological polar surface area (TPSA) is 9.23 Å². The fourth-order valence-corrected chi connectivity index (χ4v) is 2.24. The van der Waals surface area contributed by atoms with E-state index in [0.717, 1.165) is 24.7 Å². The van der Waals surface area contributed by atoms with Crippen molar-refractivity contribution in [3.8, 4) is 5.75 Å². The van der Waals surface area contributed by atoms with Crippen LogP contribution >= 0.6 is 0 Å². The van der Waals surface area contributed by atoms with Crippen molar-refractivity contribution in [1.82, 2.24) is 0 Å². The zero-order valence-corrected chi connectivity index (χ0v) is 9.97. The van der Waals surface area contributed by atoms with Crippen molar-refractivity contribution < 1.29 is 4.74 Å². The summed E-state index contributed by atoms with van der Waals surface area (Å²) >= 11 is 0. The van der Waals surface area contributed by atoms with Crippen molar-refractivity contribution in [2.24, 2.45) is 0 Å². The zero-order chi connectivity index (χ0) is 10.8. The summed E-state index contributed by atoms with van der Waals surface area (Å²) in [4.78, 5) is 0. The summed E-state index contributed by atoms with van der Waals surface area (Å²) in [6.45, 7) is 7.21. The Balaban J connectivity index is 2.44. The molecule has 0 amide bonds. The van der Waals surface area contributed by atoms with Gasteiger partial charge in [-0.3, -0.25) is 0 Å². The molecular formula is C14H20O. The SMILES string of the molecule is CCOc1cc(C)cc(CC)c1C1CC1. The molecule has 0 bridgehead atoms. The van der Waals surface area contributed by atoms with Gasteiger partial charge in [-0.15, -0.1) is 0 Å². The molecular weight excluding hydrogens is 184 g/mol. The van der Waals surface area contributed by atoms with E-state index in [4.69, 9.17) is 4.74 Å². The zero-order valence-electron chi connectivity index (χ0n) is 9.97. The van der Waals surface area contributed by atoms with Gasteiger partial charge in [0.15, 0.2) is 0 Å². The lowest BCUT2D eigenvalue weighted by atomic mass is 9.97. The van der Waals surface area contributed by atoms with Crippen molar-refractivity contribution >= 4 is 0 Å². The summed E-state index contributed by atoms with van der Waals surface area (Å²) in [5, 5.41) is 0. The second kappa shape index (κ2) is 4.26. The van der Waals surface area contributed by atoms with Crippen LogP contribution in [0.1, 0.15) is 49.3 Å². The van der Waals surface area contributed by atoms with Crippen molar-refractivity contribution in [1.29, 1.82) is 0 Å². The van der Waals surface area contributed by atoms with Crippen molar-refractivity contribution in [2.45, 2.75) is 46.0 Å². The molecule has 0 radical (unpaired) electrons. The van der Waals surface area contributed by atoms with Crippen LogP contribution in [0.3, 0.4) is 0 Å². The van der Waals surface area contributed by atoms with Crippen LogP contribution in [0, 0.1) is 6.92 Å².